The van der Waals surface area contributed by atoms with E-state index < -0.39 is 0 Å². The van der Waals surface area contributed by atoms with Crippen LogP contribution in [0.25, 0.3) is 0 Å². The molecular formula is C17H23NO2. The minimum Gasteiger partial charge on any atom is -0.465 e. The Labute approximate surface area is 121 Å². The van der Waals surface area contributed by atoms with E-state index in [-0.39, 0.29) is 12.0 Å². The largest absolute Gasteiger partial charge is 0.465 e. The molecule has 1 fully saturated rings. The minimum absolute atomic E-state index is 0.128. The predicted molar refractivity (Wildman–Crippen MR) is 80.4 cm³/mol. The fraction of sp³-hybridized carbons (Fsp3) is 0.471. The Balaban J connectivity index is 2.02. The predicted octanol–water partition coefficient (Wildman–Crippen LogP) is 2.72. The average Bonchev–Trinajstić information content (AvgIpc) is 2.84. The van der Waals surface area contributed by atoms with Crippen molar-refractivity contribution in [3.05, 3.63) is 48.6 Å². The molecule has 0 saturated carbocycles. The van der Waals surface area contributed by atoms with Gasteiger partial charge in [0.15, 0.2) is 0 Å². The smallest absolute Gasteiger partial charge is 0.323 e. The molecule has 1 N–H and O–H groups in total. The first-order valence-electron chi connectivity index (χ1n) is 7.32. The molecule has 20 heavy (non-hydrogen) atoms. The maximum atomic E-state index is 11.9. The molecule has 1 heterocycles. The fourth-order valence-electron chi connectivity index (χ4n) is 2.92. The van der Waals surface area contributed by atoms with Crippen LogP contribution in [0.3, 0.4) is 0 Å². The van der Waals surface area contributed by atoms with Gasteiger partial charge in [-0.25, -0.2) is 0 Å². The van der Waals surface area contributed by atoms with Gasteiger partial charge in [-0.15, -0.1) is 6.58 Å². The van der Waals surface area contributed by atoms with Crippen LogP contribution in [0.15, 0.2) is 43.0 Å². The maximum Gasteiger partial charge on any atom is 0.323 e. The third kappa shape index (κ3) is 3.70. The normalized spacial score (nSPS) is 25.4. The molecule has 0 bridgehead atoms. The molecular weight excluding hydrogens is 250 g/mol. The van der Waals surface area contributed by atoms with Crippen LogP contribution < -0.4 is 5.32 Å². The number of esters is 1. The average molecular weight is 273 g/mol. The first kappa shape index (κ1) is 14.8. The highest BCUT2D eigenvalue weighted by Gasteiger charge is 2.37. The molecule has 0 radical (unpaired) electrons. The Morgan fingerprint density at radius 2 is 2.20 bits per heavy atom. The second-order valence-corrected chi connectivity index (χ2v) is 5.29. The van der Waals surface area contributed by atoms with Crippen molar-refractivity contribution in [2.75, 3.05) is 6.61 Å². The molecule has 1 aliphatic rings. The lowest BCUT2D eigenvalue weighted by Crippen LogP contribution is -2.37. The van der Waals surface area contributed by atoms with Gasteiger partial charge < -0.3 is 10.1 Å². The van der Waals surface area contributed by atoms with Gasteiger partial charge in [0.05, 0.1) is 6.61 Å². The molecule has 3 heteroatoms. The molecule has 0 spiro atoms. The van der Waals surface area contributed by atoms with E-state index in [2.05, 4.69) is 36.2 Å². The summed E-state index contributed by atoms with van der Waals surface area (Å²) < 4.78 is 5.12. The van der Waals surface area contributed by atoms with E-state index in [1.165, 1.54) is 5.56 Å². The minimum atomic E-state index is -0.173. The van der Waals surface area contributed by atoms with Crippen LogP contribution in [0.1, 0.15) is 25.3 Å². The molecule has 2 rings (SSSR count). The summed E-state index contributed by atoms with van der Waals surface area (Å²) in [6.45, 7) is 6.10. The highest BCUT2D eigenvalue weighted by molar-refractivity contribution is 5.76. The molecule has 3 nitrogen and oxygen atoms in total. The van der Waals surface area contributed by atoms with Crippen molar-refractivity contribution in [3.8, 4) is 0 Å². The summed E-state index contributed by atoms with van der Waals surface area (Å²) in [5.41, 5.74) is 1.32. The number of rotatable bonds is 6. The molecule has 0 unspecified atom stereocenters. The molecule has 1 aliphatic heterocycles. The Hall–Kier alpha value is -1.61. The third-order valence-corrected chi connectivity index (χ3v) is 3.86. The number of hydrogen-bond acceptors (Lipinski definition) is 3. The SMILES string of the molecule is C=CC[C@@H]1N[C@H](C(=O)OCC)C[C@H]1Cc1ccccc1. The summed E-state index contributed by atoms with van der Waals surface area (Å²) in [6.07, 6.45) is 4.63. The van der Waals surface area contributed by atoms with Crippen LogP contribution in [0.2, 0.25) is 0 Å². The van der Waals surface area contributed by atoms with Crippen LogP contribution in [-0.4, -0.2) is 24.7 Å². The van der Waals surface area contributed by atoms with Gasteiger partial charge in [0.1, 0.15) is 6.04 Å². The van der Waals surface area contributed by atoms with Gasteiger partial charge in [0.2, 0.25) is 0 Å². The van der Waals surface area contributed by atoms with Crippen molar-refractivity contribution < 1.29 is 9.53 Å². The van der Waals surface area contributed by atoms with Crippen LogP contribution in [0.5, 0.6) is 0 Å². The van der Waals surface area contributed by atoms with Gasteiger partial charge in [-0.05, 0) is 37.7 Å². The van der Waals surface area contributed by atoms with E-state index in [1.54, 1.807) is 0 Å². The number of benzene rings is 1. The van der Waals surface area contributed by atoms with Crippen molar-refractivity contribution in [3.63, 3.8) is 0 Å². The number of carbonyl (C=O) groups excluding carboxylic acids is 1. The zero-order valence-corrected chi connectivity index (χ0v) is 12.0. The number of carbonyl (C=O) groups is 1. The number of hydrogen-bond donors (Lipinski definition) is 1. The topological polar surface area (TPSA) is 38.3 Å². The first-order valence-corrected chi connectivity index (χ1v) is 7.32. The highest BCUT2D eigenvalue weighted by Crippen LogP contribution is 2.27. The molecule has 0 amide bonds. The van der Waals surface area contributed by atoms with E-state index in [9.17, 15) is 4.79 Å². The van der Waals surface area contributed by atoms with E-state index in [0.29, 0.717) is 18.6 Å². The lowest BCUT2D eigenvalue weighted by molar-refractivity contribution is -0.145. The van der Waals surface area contributed by atoms with E-state index in [1.807, 2.05) is 19.1 Å². The highest BCUT2D eigenvalue weighted by atomic mass is 16.5. The summed E-state index contributed by atoms with van der Waals surface area (Å²) in [5.74, 6) is 0.321. The second kappa shape index (κ2) is 7.25. The van der Waals surface area contributed by atoms with Gasteiger partial charge in [-0.3, -0.25) is 4.79 Å². The Kier molecular flexibility index (Phi) is 5.36. The van der Waals surface area contributed by atoms with Gasteiger partial charge in [-0.1, -0.05) is 36.4 Å². The Morgan fingerprint density at radius 3 is 2.85 bits per heavy atom. The van der Waals surface area contributed by atoms with E-state index in [4.69, 9.17) is 4.74 Å². The van der Waals surface area contributed by atoms with Crippen molar-refractivity contribution in [2.24, 2.45) is 5.92 Å². The van der Waals surface area contributed by atoms with Crippen molar-refractivity contribution in [2.45, 2.75) is 38.3 Å². The molecule has 0 aliphatic carbocycles. The fourth-order valence-corrected chi connectivity index (χ4v) is 2.92. The zero-order chi connectivity index (χ0) is 14.4. The van der Waals surface area contributed by atoms with Gasteiger partial charge in [-0.2, -0.15) is 0 Å². The van der Waals surface area contributed by atoms with Crippen molar-refractivity contribution in [1.82, 2.24) is 5.32 Å². The lowest BCUT2D eigenvalue weighted by Gasteiger charge is -2.17. The van der Waals surface area contributed by atoms with Crippen LogP contribution in [0, 0.1) is 5.92 Å². The lowest BCUT2D eigenvalue weighted by atomic mass is 9.90. The monoisotopic (exact) mass is 273 g/mol. The van der Waals surface area contributed by atoms with Gasteiger partial charge in [0.25, 0.3) is 0 Å². The van der Waals surface area contributed by atoms with E-state index >= 15 is 0 Å². The first-order chi connectivity index (χ1) is 9.74. The van der Waals surface area contributed by atoms with Crippen molar-refractivity contribution in [1.29, 1.82) is 0 Å². The number of ether oxygens (including phenoxy) is 1. The molecule has 1 saturated heterocycles. The Bertz CT molecular complexity index is 444. The molecule has 1 aromatic carbocycles. The van der Waals surface area contributed by atoms with E-state index in [0.717, 1.165) is 19.3 Å². The molecule has 108 valence electrons. The van der Waals surface area contributed by atoms with Crippen LogP contribution >= 0.6 is 0 Å². The van der Waals surface area contributed by atoms with Crippen molar-refractivity contribution >= 4 is 5.97 Å². The summed E-state index contributed by atoms with van der Waals surface area (Å²) in [6, 6.07) is 10.6. The summed E-state index contributed by atoms with van der Waals surface area (Å²) in [4.78, 5) is 11.9. The quantitative estimate of drug-likeness (QED) is 0.640. The Morgan fingerprint density at radius 1 is 1.45 bits per heavy atom. The van der Waals surface area contributed by atoms with Crippen LogP contribution in [-0.2, 0) is 16.0 Å². The number of nitrogens with one attached hydrogen (secondary N) is 1. The molecule has 1 aromatic rings. The summed E-state index contributed by atoms with van der Waals surface area (Å²) >= 11 is 0. The van der Waals surface area contributed by atoms with Gasteiger partial charge in [0, 0.05) is 6.04 Å². The second-order valence-electron chi connectivity index (χ2n) is 5.29. The molecule has 0 aromatic heterocycles. The summed E-state index contributed by atoms with van der Waals surface area (Å²) in [5, 5.41) is 3.40. The van der Waals surface area contributed by atoms with Gasteiger partial charge >= 0.3 is 5.97 Å². The summed E-state index contributed by atoms with van der Waals surface area (Å²) in [7, 11) is 0. The third-order valence-electron chi connectivity index (χ3n) is 3.86. The standard InChI is InChI=1S/C17H23NO2/c1-3-8-15-14(11-13-9-6-5-7-10-13)12-16(18-15)17(19)20-4-2/h3,5-7,9-10,14-16,18H,1,4,8,11-12H2,2H3/t14-,15+,16+/m1/s1. The molecule has 3 atom stereocenters. The van der Waals surface area contributed by atoms with Crippen LogP contribution in [0.4, 0.5) is 0 Å². The maximum absolute atomic E-state index is 11.9. The zero-order valence-electron chi connectivity index (χ0n) is 12.0.